The molecular weight excluding hydrogens is 262 g/mol. The van der Waals surface area contributed by atoms with Crippen molar-refractivity contribution in [3.63, 3.8) is 0 Å². The SMILES string of the molecule is Cc1nn(C)c(C)c1C(=O)NC(C)CCc1ccccc1. The highest BCUT2D eigenvalue weighted by Crippen LogP contribution is 2.12. The highest BCUT2D eigenvalue weighted by molar-refractivity contribution is 5.96. The third kappa shape index (κ3) is 3.72. The van der Waals surface area contributed by atoms with Crippen molar-refractivity contribution in [1.29, 1.82) is 0 Å². The molecule has 1 amide bonds. The van der Waals surface area contributed by atoms with E-state index in [0.717, 1.165) is 24.2 Å². The first-order chi connectivity index (χ1) is 9.99. The Morgan fingerprint density at radius 2 is 1.95 bits per heavy atom. The summed E-state index contributed by atoms with van der Waals surface area (Å²) in [6.07, 6.45) is 1.89. The molecule has 1 N–H and O–H groups in total. The molecular formula is C17H23N3O. The van der Waals surface area contributed by atoms with Gasteiger partial charge in [0.15, 0.2) is 0 Å². The molecule has 1 heterocycles. The number of benzene rings is 1. The fourth-order valence-corrected chi connectivity index (χ4v) is 2.50. The van der Waals surface area contributed by atoms with Crippen LogP contribution >= 0.6 is 0 Å². The zero-order valence-corrected chi connectivity index (χ0v) is 13.2. The number of aryl methyl sites for hydroxylation is 3. The Bertz CT molecular complexity index is 616. The van der Waals surface area contributed by atoms with Crippen LogP contribution in [0.3, 0.4) is 0 Å². The van der Waals surface area contributed by atoms with Crippen LogP contribution in [0, 0.1) is 13.8 Å². The molecule has 0 spiro atoms. The van der Waals surface area contributed by atoms with Crippen molar-refractivity contribution < 1.29 is 4.79 Å². The monoisotopic (exact) mass is 285 g/mol. The molecule has 0 radical (unpaired) electrons. The molecule has 0 aliphatic rings. The number of hydrogen-bond donors (Lipinski definition) is 1. The first-order valence-corrected chi connectivity index (χ1v) is 7.34. The molecule has 0 bridgehead atoms. The molecule has 1 atom stereocenters. The van der Waals surface area contributed by atoms with E-state index in [9.17, 15) is 4.79 Å². The predicted octanol–water partition coefficient (Wildman–Crippen LogP) is 2.79. The predicted molar refractivity (Wildman–Crippen MR) is 84.4 cm³/mol. The Morgan fingerprint density at radius 3 is 2.52 bits per heavy atom. The average Bonchev–Trinajstić information content (AvgIpc) is 2.71. The lowest BCUT2D eigenvalue weighted by Gasteiger charge is -2.14. The number of aromatic nitrogens is 2. The Kier molecular flexibility index (Phi) is 4.78. The van der Waals surface area contributed by atoms with Crippen LogP contribution in [0.25, 0.3) is 0 Å². The molecule has 1 aromatic carbocycles. The van der Waals surface area contributed by atoms with Gasteiger partial charge in [0.2, 0.25) is 0 Å². The van der Waals surface area contributed by atoms with Gasteiger partial charge in [-0.2, -0.15) is 5.10 Å². The molecule has 21 heavy (non-hydrogen) atoms. The van der Waals surface area contributed by atoms with Crippen molar-refractivity contribution in [1.82, 2.24) is 15.1 Å². The van der Waals surface area contributed by atoms with Crippen LogP contribution in [-0.2, 0) is 13.5 Å². The summed E-state index contributed by atoms with van der Waals surface area (Å²) >= 11 is 0. The molecule has 0 aliphatic carbocycles. The van der Waals surface area contributed by atoms with Gasteiger partial charge < -0.3 is 5.32 Å². The summed E-state index contributed by atoms with van der Waals surface area (Å²) in [5.74, 6) is -0.0290. The number of rotatable bonds is 5. The van der Waals surface area contributed by atoms with E-state index in [1.807, 2.05) is 46.0 Å². The van der Waals surface area contributed by atoms with Crippen LogP contribution in [0.5, 0.6) is 0 Å². The van der Waals surface area contributed by atoms with Crippen molar-refractivity contribution in [3.8, 4) is 0 Å². The number of nitrogens with one attached hydrogen (secondary N) is 1. The summed E-state index contributed by atoms with van der Waals surface area (Å²) in [6.45, 7) is 5.84. The van der Waals surface area contributed by atoms with Crippen molar-refractivity contribution >= 4 is 5.91 Å². The first-order valence-electron chi connectivity index (χ1n) is 7.34. The number of amides is 1. The number of hydrogen-bond acceptors (Lipinski definition) is 2. The van der Waals surface area contributed by atoms with Gasteiger partial charge in [-0.25, -0.2) is 0 Å². The lowest BCUT2D eigenvalue weighted by atomic mass is 10.1. The summed E-state index contributed by atoms with van der Waals surface area (Å²) < 4.78 is 1.75. The zero-order valence-electron chi connectivity index (χ0n) is 13.2. The number of carbonyl (C=O) groups is 1. The van der Waals surface area contributed by atoms with Crippen LogP contribution < -0.4 is 5.32 Å². The topological polar surface area (TPSA) is 46.9 Å². The minimum atomic E-state index is -0.0290. The lowest BCUT2D eigenvalue weighted by Crippen LogP contribution is -2.33. The van der Waals surface area contributed by atoms with E-state index in [1.54, 1.807) is 4.68 Å². The Balaban J connectivity index is 1.93. The Labute approximate surface area is 126 Å². The van der Waals surface area contributed by atoms with Gasteiger partial charge in [-0.1, -0.05) is 30.3 Å². The molecule has 112 valence electrons. The van der Waals surface area contributed by atoms with Gasteiger partial charge in [-0.15, -0.1) is 0 Å². The van der Waals surface area contributed by atoms with Crippen LogP contribution in [0.15, 0.2) is 30.3 Å². The molecule has 2 rings (SSSR count). The van der Waals surface area contributed by atoms with Gasteiger partial charge in [-0.05, 0) is 39.2 Å². The van der Waals surface area contributed by atoms with Crippen LogP contribution in [0.1, 0.15) is 40.7 Å². The third-order valence-corrected chi connectivity index (χ3v) is 3.82. The van der Waals surface area contributed by atoms with E-state index in [0.29, 0.717) is 5.56 Å². The van der Waals surface area contributed by atoms with Gasteiger partial charge in [0, 0.05) is 18.8 Å². The molecule has 4 nitrogen and oxygen atoms in total. The molecule has 2 aromatic rings. The van der Waals surface area contributed by atoms with Gasteiger partial charge in [0.25, 0.3) is 5.91 Å². The van der Waals surface area contributed by atoms with E-state index in [-0.39, 0.29) is 11.9 Å². The maximum Gasteiger partial charge on any atom is 0.255 e. The van der Waals surface area contributed by atoms with Gasteiger partial charge >= 0.3 is 0 Å². The minimum absolute atomic E-state index is 0.0290. The van der Waals surface area contributed by atoms with Gasteiger partial charge in [-0.3, -0.25) is 9.48 Å². The standard InChI is InChI=1S/C17H23N3O/c1-12(10-11-15-8-6-5-7-9-15)18-17(21)16-13(2)19-20(4)14(16)3/h5-9,12H,10-11H2,1-4H3,(H,18,21). The van der Waals surface area contributed by atoms with Crippen LogP contribution in [0.2, 0.25) is 0 Å². The normalized spacial score (nSPS) is 12.2. The molecule has 0 aliphatic heterocycles. The quantitative estimate of drug-likeness (QED) is 0.918. The fourth-order valence-electron chi connectivity index (χ4n) is 2.50. The summed E-state index contributed by atoms with van der Waals surface area (Å²) in [6, 6.07) is 10.5. The molecule has 0 saturated carbocycles. The zero-order chi connectivity index (χ0) is 15.4. The second-order valence-electron chi connectivity index (χ2n) is 5.57. The number of carbonyl (C=O) groups excluding carboxylic acids is 1. The maximum absolute atomic E-state index is 12.4. The van der Waals surface area contributed by atoms with E-state index in [2.05, 4.69) is 22.5 Å². The van der Waals surface area contributed by atoms with Crippen molar-refractivity contribution in [2.24, 2.45) is 7.05 Å². The maximum atomic E-state index is 12.4. The molecule has 4 heteroatoms. The Morgan fingerprint density at radius 1 is 1.29 bits per heavy atom. The molecule has 1 unspecified atom stereocenters. The van der Waals surface area contributed by atoms with Gasteiger partial charge in [0.05, 0.1) is 11.3 Å². The third-order valence-electron chi connectivity index (χ3n) is 3.82. The highest BCUT2D eigenvalue weighted by Gasteiger charge is 2.18. The molecule has 0 saturated heterocycles. The molecule has 0 fully saturated rings. The second kappa shape index (κ2) is 6.57. The minimum Gasteiger partial charge on any atom is -0.349 e. The van der Waals surface area contributed by atoms with E-state index >= 15 is 0 Å². The summed E-state index contributed by atoms with van der Waals surface area (Å²) in [7, 11) is 1.86. The van der Waals surface area contributed by atoms with E-state index in [1.165, 1.54) is 5.56 Å². The average molecular weight is 285 g/mol. The summed E-state index contributed by atoms with van der Waals surface area (Å²) in [5.41, 5.74) is 3.68. The lowest BCUT2D eigenvalue weighted by molar-refractivity contribution is 0.0937. The summed E-state index contributed by atoms with van der Waals surface area (Å²) in [5, 5.41) is 7.36. The van der Waals surface area contributed by atoms with Crippen LogP contribution in [-0.4, -0.2) is 21.7 Å². The van der Waals surface area contributed by atoms with Crippen molar-refractivity contribution in [2.75, 3.05) is 0 Å². The second-order valence-corrected chi connectivity index (χ2v) is 5.57. The fraction of sp³-hybridized carbons (Fsp3) is 0.412. The van der Waals surface area contributed by atoms with Crippen molar-refractivity contribution in [2.45, 2.75) is 39.7 Å². The number of nitrogens with zero attached hydrogens (tertiary/aromatic N) is 2. The van der Waals surface area contributed by atoms with Crippen molar-refractivity contribution in [3.05, 3.63) is 52.8 Å². The van der Waals surface area contributed by atoms with E-state index < -0.39 is 0 Å². The smallest absolute Gasteiger partial charge is 0.255 e. The van der Waals surface area contributed by atoms with E-state index in [4.69, 9.17) is 0 Å². The first kappa shape index (κ1) is 15.3. The highest BCUT2D eigenvalue weighted by atomic mass is 16.1. The molecule has 1 aromatic heterocycles. The van der Waals surface area contributed by atoms with Gasteiger partial charge in [0.1, 0.15) is 0 Å². The Hall–Kier alpha value is -2.10. The largest absolute Gasteiger partial charge is 0.349 e. The van der Waals surface area contributed by atoms with Crippen LogP contribution in [0.4, 0.5) is 0 Å². The summed E-state index contributed by atoms with van der Waals surface area (Å²) in [4.78, 5) is 12.4.